The van der Waals surface area contributed by atoms with Crippen LogP contribution < -0.4 is 11.0 Å². The summed E-state index contributed by atoms with van der Waals surface area (Å²) < 4.78 is 6.50. The van der Waals surface area contributed by atoms with Gasteiger partial charge in [0.25, 0.3) is 0 Å². The van der Waals surface area contributed by atoms with Crippen molar-refractivity contribution in [3.8, 4) is 0 Å². The minimum atomic E-state index is -1.30. The van der Waals surface area contributed by atoms with E-state index in [0.717, 1.165) is 0 Å². The van der Waals surface area contributed by atoms with Crippen LogP contribution in [0.25, 0.3) is 0 Å². The first-order chi connectivity index (χ1) is 6.97. The monoisotopic (exact) mass is 205 g/mol. The molecule has 5 N–H and O–H groups in total. The maximum absolute atomic E-state index is 10.9. The van der Waals surface area contributed by atoms with Crippen LogP contribution in [-0.2, 0) is 14.4 Å². The van der Waals surface area contributed by atoms with Gasteiger partial charge in [0.2, 0.25) is 5.91 Å². The molecule has 0 saturated carbocycles. The number of amides is 1. The second-order valence-electron chi connectivity index (χ2n) is 2.57. The Hall–Kier alpha value is -1.63. The van der Waals surface area contributed by atoms with Crippen LogP contribution in [0.15, 0.2) is 0 Å². The zero-order chi connectivity index (χ0) is 11.8. The molecule has 0 aliphatic heterocycles. The standard InChI is InChI=1S/C7H12N2O5/c8-3-5(10)9-4(7(13)14)1-2-6(11)12/h4H,1-3,8H2,(H,9,10)(H,11,12)(H,13,14)/t4-/m0/s1/i/hD. The summed E-state index contributed by atoms with van der Waals surface area (Å²) in [6.45, 7) is -0.336. The first-order valence-corrected chi connectivity index (χ1v) is 3.86. The van der Waals surface area contributed by atoms with E-state index in [1.165, 1.54) is 0 Å². The number of hydrogen-bond donors (Lipinski definition) is 4. The fourth-order valence-corrected chi connectivity index (χ4v) is 0.771. The number of carbonyl (C=O) groups is 3. The average Bonchev–Trinajstić information content (AvgIpc) is 2.11. The molecule has 0 unspecified atom stereocenters. The molecule has 1 amide bonds. The number of carbonyl (C=O) groups excluding carboxylic acids is 1. The van der Waals surface area contributed by atoms with Crippen molar-refractivity contribution in [3.63, 3.8) is 0 Å². The number of rotatable bonds is 7. The molecule has 14 heavy (non-hydrogen) atoms. The Kier molecular flexibility index (Phi) is 4.42. The molecule has 0 spiro atoms. The molecule has 0 fully saturated rings. The van der Waals surface area contributed by atoms with Crippen molar-refractivity contribution < 1.29 is 26.0 Å². The molecule has 80 valence electrons. The highest BCUT2D eigenvalue weighted by atomic mass is 16.4. The number of aliphatic carboxylic acids is 2. The van der Waals surface area contributed by atoms with Gasteiger partial charge in [-0.15, -0.1) is 0 Å². The summed E-state index contributed by atoms with van der Waals surface area (Å²) in [7, 11) is 0. The molecule has 0 rings (SSSR count). The SMILES string of the molecule is [2H]NCC(=O)N[C@@H](CCC(=O)O)C(=O)O. The number of carboxylic acids is 2. The molecule has 0 aromatic heterocycles. The van der Waals surface area contributed by atoms with Crippen molar-refractivity contribution >= 4 is 17.8 Å². The maximum Gasteiger partial charge on any atom is 0.326 e. The Bertz CT molecular complexity index is 258. The van der Waals surface area contributed by atoms with Gasteiger partial charge in [-0.2, -0.15) is 0 Å². The van der Waals surface area contributed by atoms with Crippen LogP contribution in [0, 0.1) is 0 Å². The number of hydrogen-bond acceptors (Lipinski definition) is 4. The van der Waals surface area contributed by atoms with Crippen LogP contribution in [0.3, 0.4) is 0 Å². The van der Waals surface area contributed by atoms with Gasteiger partial charge in [-0.05, 0) is 6.42 Å². The molecule has 0 aliphatic rings. The normalized spacial score (nSPS) is 12.7. The first-order valence-electron chi connectivity index (χ1n) is 4.36. The van der Waals surface area contributed by atoms with Crippen molar-refractivity contribution in [1.29, 1.82) is 0 Å². The summed E-state index contributed by atoms with van der Waals surface area (Å²) in [5.41, 5.74) is 1.81. The van der Waals surface area contributed by atoms with E-state index in [0.29, 0.717) is 0 Å². The summed E-state index contributed by atoms with van der Waals surface area (Å²) in [5.74, 6) is -3.09. The molecule has 0 bridgehead atoms. The van der Waals surface area contributed by atoms with Crippen LogP contribution in [-0.4, -0.2) is 40.6 Å². The number of nitrogens with one attached hydrogen (secondary N) is 1. The first kappa shape index (κ1) is 10.5. The van der Waals surface area contributed by atoms with Crippen molar-refractivity contribution in [1.82, 2.24) is 5.32 Å². The molecule has 0 heterocycles. The molecule has 0 saturated heterocycles. The lowest BCUT2D eigenvalue weighted by Crippen LogP contribution is -2.43. The van der Waals surface area contributed by atoms with E-state index in [2.05, 4.69) is 5.32 Å². The van der Waals surface area contributed by atoms with Gasteiger partial charge >= 0.3 is 11.9 Å². The lowest BCUT2D eigenvalue weighted by molar-refractivity contribution is -0.142. The van der Waals surface area contributed by atoms with E-state index in [-0.39, 0.29) is 19.4 Å². The maximum atomic E-state index is 10.9. The molecule has 0 aromatic rings. The van der Waals surface area contributed by atoms with Gasteiger partial charge in [-0.1, -0.05) is 0 Å². The summed E-state index contributed by atoms with van der Waals surface area (Å²) in [5, 5.41) is 19.1. The van der Waals surface area contributed by atoms with Crippen LogP contribution in [0.4, 0.5) is 0 Å². The van der Waals surface area contributed by atoms with E-state index >= 15 is 0 Å². The van der Waals surface area contributed by atoms with Gasteiger partial charge in [0.1, 0.15) is 7.45 Å². The van der Waals surface area contributed by atoms with E-state index in [4.69, 9.17) is 11.6 Å². The second-order valence-corrected chi connectivity index (χ2v) is 2.57. The largest absolute Gasteiger partial charge is 0.481 e. The van der Waals surface area contributed by atoms with E-state index in [1.807, 2.05) is 0 Å². The van der Waals surface area contributed by atoms with Crippen LogP contribution in [0.1, 0.15) is 12.8 Å². The summed E-state index contributed by atoms with van der Waals surface area (Å²) in [4.78, 5) is 31.7. The minimum Gasteiger partial charge on any atom is -0.481 e. The van der Waals surface area contributed by atoms with Crippen LogP contribution >= 0.6 is 0 Å². The topological polar surface area (TPSA) is 130 Å². The lowest BCUT2D eigenvalue weighted by Gasteiger charge is -2.12. The summed E-state index contributed by atoms with van der Waals surface area (Å²) >= 11 is 0. The fraction of sp³-hybridized carbons (Fsp3) is 0.571. The Morgan fingerprint density at radius 1 is 1.43 bits per heavy atom. The zero-order valence-corrected chi connectivity index (χ0v) is 7.32. The van der Waals surface area contributed by atoms with Crippen molar-refractivity contribution in [2.24, 2.45) is 5.73 Å². The van der Waals surface area contributed by atoms with Crippen LogP contribution in [0.5, 0.6) is 0 Å². The fourth-order valence-electron chi connectivity index (χ4n) is 0.771. The highest BCUT2D eigenvalue weighted by Gasteiger charge is 2.19. The smallest absolute Gasteiger partial charge is 0.326 e. The Morgan fingerprint density at radius 2 is 2.07 bits per heavy atom. The van der Waals surface area contributed by atoms with Gasteiger partial charge in [0.15, 0.2) is 0 Å². The Labute approximate surface area is 81.4 Å². The molecule has 1 atom stereocenters. The van der Waals surface area contributed by atoms with Crippen molar-refractivity contribution in [2.75, 3.05) is 6.54 Å². The molecule has 7 nitrogen and oxygen atoms in total. The van der Waals surface area contributed by atoms with Gasteiger partial charge < -0.3 is 21.3 Å². The average molecular weight is 205 g/mol. The van der Waals surface area contributed by atoms with Crippen molar-refractivity contribution in [2.45, 2.75) is 18.9 Å². The summed E-state index contributed by atoms with van der Waals surface area (Å²) in [6.07, 6.45) is -0.528. The second kappa shape index (κ2) is 5.92. The van der Waals surface area contributed by atoms with Crippen LogP contribution in [0.2, 0.25) is 1.41 Å². The van der Waals surface area contributed by atoms with E-state index < -0.39 is 23.9 Å². The van der Waals surface area contributed by atoms with E-state index in [9.17, 15) is 14.4 Å². The molecule has 0 aliphatic carbocycles. The molecule has 0 radical (unpaired) electrons. The highest BCUT2D eigenvalue weighted by molar-refractivity contribution is 5.84. The molecule has 7 heteroatoms. The van der Waals surface area contributed by atoms with Gasteiger partial charge in [0, 0.05) is 6.42 Å². The molecular weight excluding hydrogens is 192 g/mol. The minimum absolute atomic E-state index is 0.186. The highest BCUT2D eigenvalue weighted by Crippen LogP contribution is 1.97. The van der Waals surface area contributed by atoms with E-state index in [1.54, 1.807) is 5.73 Å². The molecular formula is C7H12N2O5. The van der Waals surface area contributed by atoms with Gasteiger partial charge in [-0.25, -0.2) is 4.79 Å². The summed E-state index contributed by atoms with van der Waals surface area (Å²) in [6, 6.07) is -1.23. The third-order valence-electron chi connectivity index (χ3n) is 1.44. The third-order valence-corrected chi connectivity index (χ3v) is 1.44. The predicted molar refractivity (Wildman–Crippen MR) is 45.5 cm³/mol. The molecule has 0 aromatic carbocycles. The van der Waals surface area contributed by atoms with Gasteiger partial charge in [0.05, 0.1) is 6.54 Å². The Morgan fingerprint density at radius 3 is 2.50 bits per heavy atom. The predicted octanol–water partition coefficient (Wildman–Crippen LogP) is -1.62. The Balaban J connectivity index is 4.10. The number of nitrogens with two attached hydrogens (primary N) is 1. The van der Waals surface area contributed by atoms with Gasteiger partial charge in [-0.3, -0.25) is 9.59 Å². The van der Waals surface area contributed by atoms with Crippen molar-refractivity contribution in [3.05, 3.63) is 0 Å². The lowest BCUT2D eigenvalue weighted by atomic mass is 10.1. The quantitative estimate of drug-likeness (QED) is 0.395. The third kappa shape index (κ3) is 5.09. The number of carboxylic acid groups (broad SMARTS) is 2. The zero-order valence-electron chi connectivity index (χ0n) is 8.32.